The van der Waals surface area contributed by atoms with Crippen molar-refractivity contribution in [1.82, 2.24) is 20.5 Å². The average Bonchev–Trinajstić information content (AvgIpc) is 3.01. The number of aromatic nitrogens is 1. The molecule has 1 fully saturated rings. The summed E-state index contributed by atoms with van der Waals surface area (Å²) in [5.41, 5.74) is 2.51. The Kier molecular flexibility index (Phi) is 9.67. The van der Waals surface area contributed by atoms with Crippen molar-refractivity contribution >= 4 is 41.3 Å². The highest BCUT2D eigenvalue weighted by atomic mass is 127. The zero-order valence-corrected chi connectivity index (χ0v) is 20.2. The maximum absolute atomic E-state index is 4.59. The largest absolute Gasteiger partial charge is 0.355 e. The Morgan fingerprint density at radius 1 is 1.21 bits per heavy atom. The first-order valence-corrected chi connectivity index (χ1v) is 10.6. The van der Waals surface area contributed by atoms with Gasteiger partial charge in [-0.15, -0.1) is 35.3 Å². The number of piperidine rings is 1. The number of likely N-dealkylation sites (tertiary alicyclic amines) is 1. The number of rotatable bonds is 6. The Hall–Kier alpha value is -1.19. The second-order valence-electron chi connectivity index (χ2n) is 7.16. The molecule has 0 radical (unpaired) electrons. The van der Waals surface area contributed by atoms with Gasteiger partial charge in [-0.2, -0.15) is 0 Å². The average molecular weight is 513 g/mol. The van der Waals surface area contributed by atoms with Crippen LogP contribution in [-0.2, 0) is 13.1 Å². The summed E-state index contributed by atoms with van der Waals surface area (Å²) in [6, 6.07) is 11.3. The van der Waals surface area contributed by atoms with E-state index < -0.39 is 0 Å². The van der Waals surface area contributed by atoms with E-state index in [1.54, 1.807) is 11.3 Å². The van der Waals surface area contributed by atoms with Crippen LogP contribution in [-0.4, -0.2) is 42.0 Å². The quantitative estimate of drug-likeness (QED) is 0.347. The number of nitrogens with zero attached hydrogens (tertiary/aromatic N) is 3. The summed E-state index contributed by atoms with van der Waals surface area (Å²) in [4.78, 5) is 12.9. The van der Waals surface area contributed by atoms with Gasteiger partial charge in [0.25, 0.3) is 0 Å². The van der Waals surface area contributed by atoms with Gasteiger partial charge >= 0.3 is 0 Å². The van der Waals surface area contributed by atoms with E-state index in [4.69, 9.17) is 0 Å². The van der Waals surface area contributed by atoms with E-state index in [1.807, 2.05) is 7.05 Å². The van der Waals surface area contributed by atoms with Crippen molar-refractivity contribution < 1.29 is 0 Å². The summed E-state index contributed by atoms with van der Waals surface area (Å²) < 4.78 is 0. The van der Waals surface area contributed by atoms with Gasteiger partial charge < -0.3 is 10.6 Å². The van der Waals surface area contributed by atoms with Crippen molar-refractivity contribution in [3.05, 3.63) is 51.5 Å². The van der Waals surface area contributed by atoms with Crippen LogP contribution in [0.3, 0.4) is 0 Å². The normalized spacial score (nSPS) is 17.8. The molecule has 7 heteroatoms. The molecule has 1 aliphatic rings. The van der Waals surface area contributed by atoms with Gasteiger partial charge in [0.1, 0.15) is 5.01 Å². The lowest BCUT2D eigenvalue weighted by molar-refractivity contribution is 0.141. The molecule has 2 N–H and O–H groups in total. The molecule has 154 valence electrons. The Morgan fingerprint density at radius 2 is 2.00 bits per heavy atom. The first-order chi connectivity index (χ1) is 13.2. The minimum atomic E-state index is 0. The molecule has 1 aromatic carbocycles. The Labute approximate surface area is 190 Å². The number of hydrogen-bond acceptors (Lipinski definition) is 4. The molecule has 0 bridgehead atoms. The van der Waals surface area contributed by atoms with Crippen LogP contribution in [0.2, 0.25) is 0 Å². The van der Waals surface area contributed by atoms with Crippen LogP contribution in [0.5, 0.6) is 0 Å². The van der Waals surface area contributed by atoms with Crippen LogP contribution < -0.4 is 10.6 Å². The highest BCUT2D eigenvalue weighted by molar-refractivity contribution is 14.0. The van der Waals surface area contributed by atoms with Gasteiger partial charge in [-0.25, -0.2) is 4.98 Å². The molecule has 1 unspecified atom stereocenters. The van der Waals surface area contributed by atoms with E-state index in [1.165, 1.54) is 36.2 Å². The number of aliphatic imine (C=N–C) groups is 1. The van der Waals surface area contributed by atoms with Gasteiger partial charge in [0.15, 0.2) is 5.96 Å². The number of guanidine groups is 1. The second kappa shape index (κ2) is 11.7. The summed E-state index contributed by atoms with van der Waals surface area (Å²) in [5.74, 6) is 0.853. The lowest BCUT2D eigenvalue weighted by atomic mass is 10.0. The van der Waals surface area contributed by atoms with Gasteiger partial charge in [0.05, 0.1) is 12.2 Å². The van der Waals surface area contributed by atoms with E-state index in [0.717, 1.165) is 36.3 Å². The molecule has 1 atom stereocenters. The van der Waals surface area contributed by atoms with Gasteiger partial charge in [0.2, 0.25) is 0 Å². The summed E-state index contributed by atoms with van der Waals surface area (Å²) >= 11 is 1.75. The van der Waals surface area contributed by atoms with Crippen molar-refractivity contribution in [2.75, 3.05) is 20.1 Å². The van der Waals surface area contributed by atoms with Gasteiger partial charge in [-0.05, 0) is 38.8 Å². The molecule has 2 heterocycles. The second-order valence-corrected chi connectivity index (χ2v) is 8.45. The Morgan fingerprint density at radius 3 is 2.68 bits per heavy atom. The van der Waals surface area contributed by atoms with Crippen LogP contribution in [0, 0.1) is 13.8 Å². The minimum Gasteiger partial charge on any atom is -0.355 e. The van der Waals surface area contributed by atoms with Crippen LogP contribution in [0.1, 0.15) is 40.4 Å². The third kappa shape index (κ3) is 6.70. The molecule has 5 nitrogen and oxygen atoms in total. The van der Waals surface area contributed by atoms with E-state index in [2.05, 4.69) is 69.7 Å². The number of nitrogens with one attached hydrogen (secondary N) is 2. The minimum absolute atomic E-state index is 0. The topological polar surface area (TPSA) is 52.6 Å². The molecule has 0 aliphatic carbocycles. The van der Waals surface area contributed by atoms with E-state index in [-0.39, 0.29) is 24.0 Å². The molecular weight excluding hydrogens is 481 g/mol. The van der Waals surface area contributed by atoms with Crippen molar-refractivity contribution in [1.29, 1.82) is 0 Å². The van der Waals surface area contributed by atoms with Crippen molar-refractivity contribution in [3.8, 4) is 0 Å². The van der Waals surface area contributed by atoms with Crippen molar-refractivity contribution in [2.24, 2.45) is 4.99 Å². The van der Waals surface area contributed by atoms with E-state index in [9.17, 15) is 0 Å². The first-order valence-electron chi connectivity index (χ1n) is 9.81. The maximum Gasteiger partial charge on any atom is 0.191 e. The zero-order chi connectivity index (χ0) is 19.1. The predicted octanol–water partition coefficient (Wildman–Crippen LogP) is 4.10. The lowest BCUT2D eigenvalue weighted by Gasteiger charge is -2.36. The first kappa shape index (κ1) is 23.1. The zero-order valence-electron chi connectivity index (χ0n) is 17.1. The number of hydrogen-bond donors (Lipinski definition) is 2. The molecule has 0 amide bonds. The predicted molar refractivity (Wildman–Crippen MR) is 130 cm³/mol. The van der Waals surface area contributed by atoms with Crippen LogP contribution in [0.4, 0.5) is 0 Å². The van der Waals surface area contributed by atoms with E-state index in [0.29, 0.717) is 6.04 Å². The number of thiazole rings is 1. The third-order valence-electron chi connectivity index (χ3n) is 5.19. The monoisotopic (exact) mass is 513 g/mol. The SMILES string of the molecule is CN=C(NCc1nc(C)c(C)s1)NCC1CCCCN1Cc1ccccc1.I. The summed E-state index contributed by atoms with van der Waals surface area (Å²) in [6.45, 7) is 8.02. The van der Waals surface area contributed by atoms with E-state index >= 15 is 0 Å². The Balaban J connectivity index is 0.00000280. The highest BCUT2D eigenvalue weighted by Crippen LogP contribution is 2.19. The van der Waals surface area contributed by atoms with Gasteiger partial charge in [-0.1, -0.05) is 36.8 Å². The molecule has 28 heavy (non-hydrogen) atoms. The fourth-order valence-corrected chi connectivity index (χ4v) is 4.40. The van der Waals surface area contributed by atoms with Crippen LogP contribution in [0.25, 0.3) is 0 Å². The molecule has 0 saturated carbocycles. The fraction of sp³-hybridized carbons (Fsp3) is 0.524. The molecule has 0 spiro atoms. The standard InChI is InChI=1S/C21H31N5S.HI/c1-16-17(2)27-20(25-16)14-24-21(22-3)23-13-19-11-7-8-12-26(19)15-18-9-5-4-6-10-18;/h4-6,9-10,19H,7-8,11-15H2,1-3H3,(H2,22,23,24);1H. The summed E-state index contributed by atoms with van der Waals surface area (Å²) in [7, 11) is 1.83. The lowest BCUT2D eigenvalue weighted by Crippen LogP contribution is -2.48. The number of aryl methyl sites for hydroxylation is 2. The number of halogens is 1. The molecule has 1 aliphatic heterocycles. The number of benzene rings is 1. The highest BCUT2D eigenvalue weighted by Gasteiger charge is 2.22. The van der Waals surface area contributed by atoms with Gasteiger partial charge in [-0.3, -0.25) is 9.89 Å². The van der Waals surface area contributed by atoms with Crippen molar-refractivity contribution in [2.45, 2.75) is 52.2 Å². The van der Waals surface area contributed by atoms with Gasteiger partial charge in [0, 0.05) is 31.1 Å². The summed E-state index contributed by atoms with van der Waals surface area (Å²) in [5, 5.41) is 8.03. The molecule has 2 aromatic rings. The van der Waals surface area contributed by atoms with Crippen molar-refractivity contribution in [3.63, 3.8) is 0 Å². The fourth-order valence-electron chi connectivity index (χ4n) is 3.53. The molecule has 1 aromatic heterocycles. The molecule has 1 saturated heterocycles. The maximum atomic E-state index is 4.59. The smallest absolute Gasteiger partial charge is 0.191 e. The Bertz CT molecular complexity index is 727. The molecular formula is C21H32IN5S. The van der Waals surface area contributed by atoms with Crippen LogP contribution >= 0.6 is 35.3 Å². The summed E-state index contributed by atoms with van der Waals surface area (Å²) in [6.07, 6.45) is 3.84. The molecule has 3 rings (SSSR count). The third-order valence-corrected chi connectivity index (χ3v) is 6.26. The van der Waals surface area contributed by atoms with Crippen LogP contribution in [0.15, 0.2) is 35.3 Å².